The number of nitrogens with zero attached hydrogens (tertiary/aromatic N) is 2. The van der Waals surface area contributed by atoms with E-state index in [-0.39, 0.29) is 12.5 Å². The fraction of sp³-hybridized carbons (Fsp3) is 0.571. The van der Waals surface area contributed by atoms with Crippen LogP contribution in [0.15, 0.2) is 6.07 Å². The molecule has 0 saturated heterocycles. The van der Waals surface area contributed by atoms with Gasteiger partial charge in [-0.3, -0.25) is 9.48 Å². The first-order valence-corrected chi connectivity index (χ1v) is 7.73. The van der Waals surface area contributed by atoms with Crippen molar-refractivity contribution in [2.45, 2.75) is 38.1 Å². The van der Waals surface area contributed by atoms with Crippen molar-refractivity contribution in [3.05, 3.63) is 16.6 Å². The van der Waals surface area contributed by atoms with E-state index in [1.807, 2.05) is 24.7 Å². The molecule has 0 aromatic carbocycles. The summed E-state index contributed by atoms with van der Waals surface area (Å²) in [5.41, 5.74) is 0.524. The Bertz CT molecular complexity index is 618. The van der Waals surface area contributed by atoms with Gasteiger partial charge in [0.25, 0.3) is 5.91 Å². The van der Waals surface area contributed by atoms with Crippen LogP contribution in [-0.4, -0.2) is 32.9 Å². The number of hydrogen-bond donors (Lipinski definition) is 2. The predicted octanol–water partition coefficient (Wildman–Crippen LogP) is 1.98. The predicted molar refractivity (Wildman–Crippen MR) is 79.1 cm³/mol. The van der Waals surface area contributed by atoms with Crippen molar-refractivity contribution in [1.29, 1.82) is 0 Å². The van der Waals surface area contributed by atoms with Crippen LogP contribution in [-0.2, 0) is 7.05 Å². The van der Waals surface area contributed by atoms with Gasteiger partial charge in [-0.1, -0.05) is 12.8 Å². The Hall–Kier alpha value is -1.40. The Balaban J connectivity index is 1.87. The molecule has 6 heteroatoms. The maximum Gasteiger partial charge on any atom is 0.261 e. The summed E-state index contributed by atoms with van der Waals surface area (Å²) in [6, 6.07) is 1.90. The van der Waals surface area contributed by atoms with Crippen LogP contribution < -0.4 is 5.32 Å². The number of amides is 1. The zero-order valence-electron chi connectivity index (χ0n) is 11.8. The third-order valence-corrected chi connectivity index (χ3v) is 5.36. The van der Waals surface area contributed by atoms with Crippen LogP contribution in [0.2, 0.25) is 0 Å². The first-order chi connectivity index (χ1) is 9.54. The molecule has 2 aromatic heterocycles. The highest BCUT2D eigenvalue weighted by Crippen LogP contribution is 2.31. The van der Waals surface area contributed by atoms with Gasteiger partial charge in [0.05, 0.1) is 22.7 Å². The molecule has 1 saturated carbocycles. The number of carbonyl (C=O) groups excluding carboxylic acids is 1. The van der Waals surface area contributed by atoms with Crippen LogP contribution in [0.1, 0.15) is 41.0 Å². The van der Waals surface area contributed by atoms with E-state index in [1.54, 1.807) is 0 Å². The Morgan fingerprint density at radius 3 is 2.85 bits per heavy atom. The summed E-state index contributed by atoms with van der Waals surface area (Å²) >= 11 is 1.45. The molecule has 1 fully saturated rings. The summed E-state index contributed by atoms with van der Waals surface area (Å²) in [5.74, 6) is -0.0819. The molecule has 0 radical (unpaired) electrons. The highest BCUT2D eigenvalue weighted by molar-refractivity contribution is 7.20. The molecule has 5 nitrogen and oxygen atoms in total. The number of thiophene rings is 1. The zero-order chi connectivity index (χ0) is 14.3. The summed E-state index contributed by atoms with van der Waals surface area (Å²) in [4.78, 5) is 14.1. The van der Waals surface area contributed by atoms with Crippen molar-refractivity contribution in [3.8, 4) is 0 Å². The van der Waals surface area contributed by atoms with E-state index in [0.29, 0.717) is 4.88 Å². The van der Waals surface area contributed by atoms with Gasteiger partial charge in [0, 0.05) is 12.4 Å². The minimum absolute atomic E-state index is 0.0181. The molecule has 2 heterocycles. The van der Waals surface area contributed by atoms with Crippen LogP contribution in [0.5, 0.6) is 0 Å². The standard InChI is InChI=1S/C14H19N3O2S/c1-9-10-7-11(20-13(10)17(2)16-9)12(19)15-14(8-18)5-3-4-6-14/h7,18H,3-6,8H2,1-2H3,(H,15,19). The molecule has 3 rings (SSSR count). The number of carbonyl (C=O) groups is 1. The largest absolute Gasteiger partial charge is 0.394 e. The molecule has 1 aliphatic rings. The number of aliphatic hydroxyl groups excluding tert-OH is 1. The van der Waals surface area contributed by atoms with Crippen LogP contribution >= 0.6 is 11.3 Å². The maximum atomic E-state index is 12.4. The van der Waals surface area contributed by atoms with E-state index < -0.39 is 5.54 Å². The third-order valence-electron chi connectivity index (χ3n) is 4.16. The van der Waals surface area contributed by atoms with Gasteiger partial charge in [-0.25, -0.2) is 0 Å². The lowest BCUT2D eigenvalue weighted by molar-refractivity contribution is 0.0842. The fourth-order valence-electron chi connectivity index (χ4n) is 2.99. The van der Waals surface area contributed by atoms with Crippen molar-refractivity contribution in [3.63, 3.8) is 0 Å². The number of rotatable bonds is 3. The fourth-order valence-corrected chi connectivity index (χ4v) is 4.01. The van der Waals surface area contributed by atoms with E-state index in [1.165, 1.54) is 11.3 Å². The van der Waals surface area contributed by atoms with Crippen LogP contribution in [0.25, 0.3) is 10.2 Å². The number of hydrogen-bond acceptors (Lipinski definition) is 4. The van der Waals surface area contributed by atoms with Gasteiger partial charge in [-0.2, -0.15) is 5.10 Å². The monoisotopic (exact) mass is 293 g/mol. The molecule has 0 atom stereocenters. The molecular formula is C14H19N3O2S. The molecule has 108 valence electrons. The highest BCUT2D eigenvalue weighted by atomic mass is 32.1. The smallest absolute Gasteiger partial charge is 0.261 e. The van der Waals surface area contributed by atoms with Gasteiger partial charge in [0.15, 0.2) is 0 Å². The zero-order valence-corrected chi connectivity index (χ0v) is 12.6. The van der Waals surface area contributed by atoms with Gasteiger partial charge < -0.3 is 10.4 Å². The van der Waals surface area contributed by atoms with E-state index >= 15 is 0 Å². The van der Waals surface area contributed by atoms with Crippen molar-refractivity contribution >= 4 is 27.5 Å². The quantitative estimate of drug-likeness (QED) is 0.909. The lowest BCUT2D eigenvalue weighted by Gasteiger charge is -2.27. The van der Waals surface area contributed by atoms with Crippen LogP contribution in [0, 0.1) is 6.92 Å². The summed E-state index contributed by atoms with van der Waals surface area (Å²) in [6.45, 7) is 1.97. The summed E-state index contributed by atoms with van der Waals surface area (Å²) in [6.07, 6.45) is 3.86. The van der Waals surface area contributed by atoms with E-state index in [4.69, 9.17) is 0 Å². The number of nitrogens with one attached hydrogen (secondary N) is 1. The summed E-state index contributed by atoms with van der Waals surface area (Å²) in [7, 11) is 1.89. The number of aromatic nitrogens is 2. The van der Waals surface area contributed by atoms with Crippen molar-refractivity contribution in [1.82, 2.24) is 15.1 Å². The number of aliphatic hydroxyl groups is 1. The molecule has 1 aliphatic carbocycles. The summed E-state index contributed by atoms with van der Waals surface area (Å²) < 4.78 is 1.81. The van der Waals surface area contributed by atoms with Crippen LogP contribution in [0.3, 0.4) is 0 Å². The van der Waals surface area contributed by atoms with Gasteiger partial charge >= 0.3 is 0 Å². The number of fused-ring (bicyclic) bond motifs is 1. The Morgan fingerprint density at radius 2 is 2.25 bits per heavy atom. The van der Waals surface area contributed by atoms with Crippen molar-refractivity contribution in [2.75, 3.05) is 6.61 Å². The molecule has 0 bridgehead atoms. The second kappa shape index (κ2) is 4.86. The topological polar surface area (TPSA) is 67.2 Å². The summed E-state index contributed by atoms with van der Waals surface area (Å²) in [5, 5.41) is 18.0. The van der Waals surface area contributed by atoms with E-state index in [9.17, 15) is 9.90 Å². The highest BCUT2D eigenvalue weighted by Gasteiger charge is 2.35. The molecule has 2 aromatic rings. The minimum Gasteiger partial charge on any atom is -0.394 e. The first-order valence-electron chi connectivity index (χ1n) is 6.91. The van der Waals surface area contributed by atoms with E-state index in [2.05, 4.69) is 10.4 Å². The Labute approximate surface area is 121 Å². The maximum absolute atomic E-state index is 12.4. The SMILES string of the molecule is Cc1nn(C)c2sc(C(=O)NC3(CO)CCCC3)cc12. The molecule has 1 amide bonds. The Morgan fingerprint density at radius 1 is 1.55 bits per heavy atom. The van der Waals surface area contributed by atoms with Gasteiger partial charge in [0.1, 0.15) is 4.83 Å². The van der Waals surface area contributed by atoms with Gasteiger partial charge in [-0.15, -0.1) is 11.3 Å². The second-order valence-corrected chi connectivity index (χ2v) is 6.67. The molecule has 0 unspecified atom stereocenters. The molecular weight excluding hydrogens is 274 g/mol. The second-order valence-electron chi connectivity index (χ2n) is 5.64. The molecule has 0 spiro atoms. The lowest BCUT2D eigenvalue weighted by atomic mass is 9.99. The minimum atomic E-state index is -0.416. The molecule has 0 aliphatic heterocycles. The molecule has 2 N–H and O–H groups in total. The van der Waals surface area contributed by atoms with Gasteiger partial charge in [0.2, 0.25) is 0 Å². The third kappa shape index (κ3) is 2.13. The molecule has 20 heavy (non-hydrogen) atoms. The lowest BCUT2D eigenvalue weighted by Crippen LogP contribution is -2.49. The van der Waals surface area contributed by atoms with Gasteiger partial charge in [-0.05, 0) is 25.8 Å². The van der Waals surface area contributed by atoms with E-state index in [0.717, 1.165) is 41.6 Å². The van der Waals surface area contributed by atoms with Crippen molar-refractivity contribution in [2.24, 2.45) is 7.05 Å². The Kier molecular flexibility index (Phi) is 3.30. The number of aryl methyl sites for hydroxylation is 2. The normalized spacial score (nSPS) is 17.8. The average Bonchev–Trinajstić information content (AvgIpc) is 3.09. The first kappa shape index (κ1) is 13.6. The van der Waals surface area contributed by atoms with Crippen LogP contribution in [0.4, 0.5) is 0 Å². The average molecular weight is 293 g/mol. The van der Waals surface area contributed by atoms with Crippen molar-refractivity contribution < 1.29 is 9.90 Å².